The number of carbonyl (C=O) groups excluding carboxylic acids is 2. The van der Waals surface area contributed by atoms with E-state index in [4.69, 9.17) is 23.2 Å². The van der Waals surface area contributed by atoms with Crippen LogP contribution in [0.3, 0.4) is 0 Å². The van der Waals surface area contributed by atoms with Crippen molar-refractivity contribution in [2.75, 3.05) is 46.3 Å². The quantitative estimate of drug-likeness (QED) is 0.685. The van der Waals surface area contributed by atoms with Gasteiger partial charge >= 0.3 is 6.03 Å². The van der Waals surface area contributed by atoms with Gasteiger partial charge in [-0.15, -0.1) is 0 Å². The lowest BCUT2D eigenvalue weighted by Crippen LogP contribution is -2.57. The third-order valence-corrected chi connectivity index (χ3v) is 6.90. The number of urea groups is 1. The molecule has 165 valence electrons. The van der Waals surface area contributed by atoms with Crippen molar-refractivity contribution in [2.24, 2.45) is 0 Å². The van der Waals surface area contributed by atoms with Crippen molar-refractivity contribution in [1.82, 2.24) is 20.0 Å². The Kier molecular flexibility index (Phi) is 8.26. The molecule has 0 aromatic heterocycles. The van der Waals surface area contributed by atoms with Crippen molar-refractivity contribution in [2.45, 2.75) is 37.6 Å². The molecule has 2 fully saturated rings. The summed E-state index contributed by atoms with van der Waals surface area (Å²) in [5.74, 6) is 0.0455. The van der Waals surface area contributed by atoms with Crippen LogP contribution in [0.5, 0.6) is 0 Å². The van der Waals surface area contributed by atoms with E-state index >= 15 is 0 Å². The second-order valence-corrected chi connectivity index (χ2v) is 8.97. The fourth-order valence-corrected chi connectivity index (χ4v) is 4.58. The third-order valence-electron chi connectivity index (χ3n) is 6.16. The molecule has 1 atom stereocenters. The van der Waals surface area contributed by atoms with Gasteiger partial charge in [0.1, 0.15) is 6.54 Å². The highest BCUT2D eigenvalue weighted by Gasteiger charge is 2.33. The molecule has 2 aliphatic rings. The summed E-state index contributed by atoms with van der Waals surface area (Å²) in [6, 6.07) is 5.98. The summed E-state index contributed by atoms with van der Waals surface area (Å²) >= 11 is 12.1. The molecule has 8 heteroatoms. The normalized spacial score (nSPS) is 19.8. The number of nitrogens with zero attached hydrogens (tertiary/aromatic N) is 3. The number of nitrogens with one attached hydrogen (secondary N) is 1. The summed E-state index contributed by atoms with van der Waals surface area (Å²) in [5, 5.41) is 3.73. The standard InChI is InChI=1S/C22H31Cl2N4O2/c1-16(17-4-5-19(23)20(24)14-17)6-11-26-12-7-18(8-13-26)28-10-3-9-27(22(28)30)15-21(29)25-2/h4-5,14,16,18H,1,3,6-13,15H2,2H3,(H,25,29). The highest BCUT2D eigenvalue weighted by molar-refractivity contribution is 6.42. The van der Waals surface area contributed by atoms with E-state index in [-0.39, 0.29) is 30.4 Å². The number of likely N-dealkylation sites (tertiary alicyclic amines) is 1. The van der Waals surface area contributed by atoms with Gasteiger partial charge in [0.05, 0.1) is 10.0 Å². The second-order valence-electron chi connectivity index (χ2n) is 8.16. The molecule has 2 saturated heterocycles. The van der Waals surface area contributed by atoms with Crippen LogP contribution in [0.25, 0.3) is 0 Å². The molecular weight excluding hydrogens is 423 g/mol. The summed E-state index contributed by atoms with van der Waals surface area (Å²) in [7, 11) is 1.60. The molecule has 1 N–H and O–H groups in total. The molecule has 1 aromatic rings. The number of rotatable bonds is 7. The molecule has 6 nitrogen and oxygen atoms in total. The Morgan fingerprint density at radius 3 is 2.60 bits per heavy atom. The van der Waals surface area contributed by atoms with E-state index in [1.165, 1.54) is 0 Å². The number of hydrogen-bond acceptors (Lipinski definition) is 3. The molecule has 3 rings (SSSR count). The van der Waals surface area contributed by atoms with E-state index in [2.05, 4.69) is 17.1 Å². The van der Waals surface area contributed by atoms with Gasteiger partial charge in [0.2, 0.25) is 5.91 Å². The predicted octanol–water partition coefficient (Wildman–Crippen LogP) is 3.64. The fourth-order valence-electron chi connectivity index (χ4n) is 4.27. The highest BCUT2D eigenvalue weighted by atomic mass is 35.5. The zero-order chi connectivity index (χ0) is 21.7. The Hall–Kier alpha value is -1.50. The third kappa shape index (κ3) is 5.80. The van der Waals surface area contributed by atoms with Crippen molar-refractivity contribution in [3.63, 3.8) is 0 Å². The smallest absolute Gasteiger partial charge is 0.320 e. The molecule has 1 unspecified atom stereocenters. The second kappa shape index (κ2) is 10.7. The number of piperidine rings is 1. The predicted molar refractivity (Wildman–Crippen MR) is 121 cm³/mol. The lowest BCUT2D eigenvalue weighted by molar-refractivity contribution is -0.121. The van der Waals surface area contributed by atoms with Crippen molar-refractivity contribution in [1.29, 1.82) is 0 Å². The minimum atomic E-state index is -0.121. The van der Waals surface area contributed by atoms with Crippen molar-refractivity contribution in [3.05, 3.63) is 40.7 Å². The molecule has 1 radical (unpaired) electrons. The first-order valence-corrected chi connectivity index (χ1v) is 11.4. The van der Waals surface area contributed by atoms with Crippen LogP contribution in [-0.2, 0) is 4.79 Å². The van der Waals surface area contributed by atoms with E-state index in [0.717, 1.165) is 57.4 Å². The van der Waals surface area contributed by atoms with E-state index in [1.807, 2.05) is 23.1 Å². The molecule has 30 heavy (non-hydrogen) atoms. The first kappa shape index (κ1) is 23.2. The van der Waals surface area contributed by atoms with Crippen molar-refractivity contribution in [3.8, 4) is 0 Å². The Morgan fingerprint density at radius 1 is 1.20 bits per heavy atom. The number of likely N-dealkylation sites (N-methyl/N-ethyl adjacent to an activating group) is 1. The number of amides is 3. The molecule has 0 saturated carbocycles. The maximum Gasteiger partial charge on any atom is 0.320 e. The minimum Gasteiger partial charge on any atom is -0.358 e. The van der Waals surface area contributed by atoms with Crippen molar-refractivity contribution >= 4 is 35.1 Å². The highest BCUT2D eigenvalue weighted by Crippen LogP contribution is 2.28. The number of hydrogen-bond donors (Lipinski definition) is 1. The summed E-state index contributed by atoms with van der Waals surface area (Å²) in [4.78, 5) is 30.6. The van der Waals surface area contributed by atoms with Crippen LogP contribution in [-0.4, -0.2) is 79.0 Å². The Bertz CT molecular complexity index is 753. The topological polar surface area (TPSA) is 55.9 Å². The SMILES string of the molecule is [CH2]C(CCN1CCC(N2CCCN(CC(=O)NC)C2=O)CC1)c1ccc(Cl)c(Cl)c1. The monoisotopic (exact) mass is 453 g/mol. The van der Waals surface area contributed by atoms with Crippen LogP contribution in [0, 0.1) is 6.92 Å². The van der Waals surface area contributed by atoms with Crippen LogP contribution >= 0.6 is 23.2 Å². The molecular formula is C22H31Cl2N4O2. The largest absolute Gasteiger partial charge is 0.358 e. The first-order chi connectivity index (χ1) is 14.4. The van der Waals surface area contributed by atoms with E-state index in [0.29, 0.717) is 16.6 Å². The molecule has 2 aliphatic heterocycles. The summed E-state index contributed by atoms with van der Waals surface area (Å²) < 4.78 is 0. The maximum absolute atomic E-state index is 12.8. The van der Waals surface area contributed by atoms with Gasteiger partial charge < -0.3 is 20.0 Å². The average molecular weight is 454 g/mol. The summed E-state index contributed by atoms with van der Waals surface area (Å²) in [5.41, 5.74) is 1.11. The van der Waals surface area contributed by atoms with Gasteiger partial charge in [0.25, 0.3) is 0 Å². The van der Waals surface area contributed by atoms with Crippen LogP contribution in [0.15, 0.2) is 18.2 Å². The fraction of sp³-hybridized carbons (Fsp3) is 0.591. The zero-order valence-electron chi connectivity index (χ0n) is 17.6. The van der Waals surface area contributed by atoms with Gasteiger partial charge in [-0.3, -0.25) is 4.79 Å². The Morgan fingerprint density at radius 2 is 1.93 bits per heavy atom. The molecule has 2 heterocycles. The zero-order valence-corrected chi connectivity index (χ0v) is 19.1. The van der Waals surface area contributed by atoms with Gasteiger partial charge in [-0.25, -0.2) is 4.79 Å². The van der Waals surface area contributed by atoms with E-state index in [1.54, 1.807) is 11.9 Å². The van der Waals surface area contributed by atoms with Gasteiger partial charge in [0.15, 0.2) is 0 Å². The lowest BCUT2D eigenvalue weighted by Gasteiger charge is -2.43. The van der Waals surface area contributed by atoms with E-state index in [9.17, 15) is 9.59 Å². The van der Waals surface area contributed by atoms with E-state index < -0.39 is 0 Å². The molecule has 3 amide bonds. The van der Waals surface area contributed by atoms with Crippen LogP contribution in [0.2, 0.25) is 10.0 Å². The number of halogens is 2. The first-order valence-electron chi connectivity index (χ1n) is 10.7. The molecule has 0 bridgehead atoms. The Labute approximate surface area is 189 Å². The van der Waals surface area contributed by atoms with Crippen LogP contribution in [0.1, 0.15) is 37.2 Å². The van der Waals surface area contributed by atoms with Gasteiger partial charge in [-0.05, 0) is 62.8 Å². The number of benzene rings is 1. The van der Waals surface area contributed by atoms with Crippen LogP contribution in [0.4, 0.5) is 4.79 Å². The average Bonchev–Trinajstić information content (AvgIpc) is 2.75. The molecule has 0 spiro atoms. The van der Waals surface area contributed by atoms with Gasteiger partial charge in [0, 0.05) is 39.3 Å². The molecule has 1 aromatic carbocycles. The molecule has 0 aliphatic carbocycles. The summed E-state index contributed by atoms with van der Waals surface area (Å²) in [6.07, 6.45) is 3.79. The van der Waals surface area contributed by atoms with Gasteiger partial charge in [-0.1, -0.05) is 29.3 Å². The Balaban J connectivity index is 1.45. The summed E-state index contributed by atoms with van der Waals surface area (Å²) in [6.45, 7) is 8.77. The number of carbonyl (C=O) groups is 2. The lowest BCUT2D eigenvalue weighted by atomic mass is 9.96. The van der Waals surface area contributed by atoms with Crippen LogP contribution < -0.4 is 5.32 Å². The van der Waals surface area contributed by atoms with Crippen molar-refractivity contribution < 1.29 is 9.59 Å². The minimum absolute atomic E-state index is 0.000685. The maximum atomic E-state index is 12.8. The van der Waals surface area contributed by atoms with Gasteiger partial charge in [-0.2, -0.15) is 0 Å².